The van der Waals surface area contributed by atoms with E-state index in [0.717, 1.165) is 10.8 Å². The van der Waals surface area contributed by atoms with Gasteiger partial charge in [-0.2, -0.15) is 0 Å². The molecule has 3 aromatic heterocycles. The maximum atomic E-state index is 13.9. The average Bonchev–Trinajstić information content (AvgIpc) is 3.36. The van der Waals surface area contributed by atoms with Crippen molar-refractivity contribution < 1.29 is 28.1 Å². The number of methoxy groups -OCH3 is 3. The molecule has 0 fully saturated rings. The van der Waals surface area contributed by atoms with Crippen molar-refractivity contribution >= 4 is 45.0 Å². The number of fused-ring (bicyclic) bond motifs is 5. The predicted molar refractivity (Wildman–Crippen MR) is 177 cm³/mol. The third-order valence-corrected chi connectivity index (χ3v) is 7.23. The van der Waals surface area contributed by atoms with E-state index in [1.165, 1.54) is 7.11 Å². The Morgan fingerprint density at radius 2 is 1.73 bits per heavy atom. The van der Waals surface area contributed by atoms with Crippen LogP contribution in [0.2, 0.25) is 0 Å². The highest BCUT2D eigenvalue weighted by molar-refractivity contribution is 6.17. The molecule has 0 saturated carbocycles. The number of nitrogens with zero attached hydrogens (tertiary/aromatic N) is 2. The smallest absolute Gasteiger partial charge is 0.361 e. The molecule has 234 valence electrons. The zero-order valence-corrected chi connectivity index (χ0v) is 26.4. The van der Waals surface area contributed by atoms with Crippen molar-refractivity contribution in [3.8, 4) is 28.4 Å². The van der Waals surface area contributed by atoms with Crippen molar-refractivity contribution in [1.82, 2.24) is 4.40 Å². The van der Waals surface area contributed by atoms with Gasteiger partial charge in [0.1, 0.15) is 35.1 Å². The Labute approximate surface area is 260 Å². The summed E-state index contributed by atoms with van der Waals surface area (Å²) in [5.74, 6) is 2.17. The lowest BCUT2D eigenvalue weighted by Crippen LogP contribution is -2.09. The summed E-state index contributed by atoms with van der Waals surface area (Å²) in [6, 6.07) is 10.8. The molecule has 0 saturated heterocycles. The van der Waals surface area contributed by atoms with E-state index < -0.39 is 5.63 Å². The molecule has 0 unspecified atom stereocenters. The van der Waals surface area contributed by atoms with Crippen molar-refractivity contribution in [2.75, 3.05) is 27.9 Å². The largest absolute Gasteiger partial charge is 0.494 e. The lowest BCUT2D eigenvalue weighted by molar-refractivity contribution is 0.0974. The van der Waals surface area contributed by atoms with E-state index in [0.29, 0.717) is 50.4 Å². The standard InChI is InChI=1S/C35H36N2O8/c1-9-24-27(16-23(18-40-6)43-19(2)3)45-35(38)34-32(24)31(22-10-11-26(36-39)28(15-22)41-7)33-25-17-29(42-8)30(44-20(4)5)14-21(25)12-13-37(33)34/h9-17,19-20H,1,18H2,2-8H3/b23-16+. The zero-order chi connectivity index (χ0) is 32.4. The first kappa shape index (κ1) is 31.3. The van der Waals surface area contributed by atoms with Gasteiger partial charge in [-0.3, -0.25) is 0 Å². The Bertz CT molecular complexity index is 2020. The van der Waals surface area contributed by atoms with E-state index in [4.69, 9.17) is 28.1 Å². The van der Waals surface area contributed by atoms with Crippen molar-refractivity contribution in [1.29, 1.82) is 0 Å². The number of pyridine rings is 1. The van der Waals surface area contributed by atoms with Crippen molar-refractivity contribution in [3.63, 3.8) is 0 Å². The highest BCUT2D eigenvalue weighted by atomic mass is 16.5. The molecule has 0 atom stereocenters. The number of hydrogen-bond donors (Lipinski definition) is 0. The number of benzene rings is 2. The van der Waals surface area contributed by atoms with E-state index >= 15 is 0 Å². The second-order valence-electron chi connectivity index (χ2n) is 10.9. The average molecular weight is 613 g/mol. The summed E-state index contributed by atoms with van der Waals surface area (Å²) >= 11 is 0. The van der Waals surface area contributed by atoms with E-state index in [-0.39, 0.29) is 36.0 Å². The molecule has 0 radical (unpaired) electrons. The zero-order valence-electron chi connectivity index (χ0n) is 26.4. The number of ether oxygens (including phenoxy) is 5. The summed E-state index contributed by atoms with van der Waals surface area (Å²) in [7, 11) is 4.62. The Morgan fingerprint density at radius 1 is 0.978 bits per heavy atom. The van der Waals surface area contributed by atoms with E-state index in [2.05, 4.69) is 11.8 Å². The SMILES string of the molecule is C=Cc1c(/C=C(\COC)OC(C)C)oc(=O)c2c1c(-c1ccc(N=O)c(OC)c1)c1c3cc(OC)c(OC(C)C)cc3ccn12. The van der Waals surface area contributed by atoms with Crippen LogP contribution in [0.15, 0.2) is 69.3 Å². The molecule has 0 spiro atoms. The van der Waals surface area contributed by atoms with Crippen LogP contribution in [-0.2, 0) is 9.47 Å². The molecule has 3 heterocycles. The fraction of sp³-hybridized carbons (Fsp3) is 0.286. The van der Waals surface area contributed by atoms with Gasteiger partial charge in [-0.25, -0.2) is 4.79 Å². The second-order valence-corrected chi connectivity index (χ2v) is 10.9. The van der Waals surface area contributed by atoms with Gasteiger partial charge < -0.3 is 32.5 Å². The number of nitroso groups, excluding NO2 is 1. The summed E-state index contributed by atoms with van der Waals surface area (Å²) in [5.41, 5.74) is 2.55. The molecule has 0 aliphatic rings. The maximum Gasteiger partial charge on any atom is 0.361 e. The van der Waals surface area contributed by atoms with Crippen molar-refractivity contribution in [3.05, 3.63) is 81.6 Å². The van der Waals surface area contributed by atoms with E-state index in [9.17, 15) is 9.70 Å². The molecule has 10 nitrogen and oxygen atoms in total. The second kappa shape index (κ2) is 12.9. The number of aromatic nitrogens is 1. The van der Waals surface area contributed by atoms with Gasteiger partial charge in [-0.1, -0.05) is 18.7 Å². The molecule has 0 bridgehead atoms. The summed E-state index contributed by atoms with van der Waals surface area (Å²) in [5, 5.41) is 5.35. The minimum atomic E-state index is -0.561. The maximum absolute atomic E-state index is 13.9. The van der Waals surface area contributed by atoms with Gasteiger partial charge in [0.25, 0.3) is 0 Å². The van der Waals surface area contributed by atoms with Gasteiger partial charge in [0.15, 0.2) is 11.5 Å². The van der Waals surface area contributed by atoms with Crippen LogP contribution in [0.1, 0.15) is 39.0 Å². The summed E-state index contributed by atoms with van der Waals surface area (Å²) < 4.78 is 36.4. The lowest BCUT2D eigenvalue weighted by Gasteiger charge is -2.15. The monoisotopic (exact) mass is 612 g/mol. The molecular weight excluding hydrogens is 576 g/mol. The molecule has 0 amide bonds. The molecule has 0 aliphatic carbocycles. The Balaban J connectivity index is 2.00. The van der Waals surface area contributed by atoms with E-state index in [1.54, 1.807) is 49.0 Å². The van der Waals surface area contributed by atoms with Crippen LogP contribution in [0, 0.1) is 4.91 Å². The van der Waals surface area contributed by atoms with Gasteiger partial charge >= 0.3 is 5.63 Å². The molecule has 5 rings (SSSR count). The third-order valence-electron chi connectivity index (χ3n) is 7.23. The third kappa shape index (κ3) is 5.76. The molecule has 0 aliphatic heterocycles. The highest BCUT2D eigenvalue weighted by Crippen LogP contribution is 2.45. The van der Waals surface area contributed by atoms with Crippen LogP contribution in [0.3, 0.4) is 0 Å². The fourth-order valence-electron chi connectivity index (χ4n) is 5.57. The number of hydrogen-bond acceptors (Lipinski definition) is 9. The quantitative estimate of drug-likeness (QED) is 0.103. The highest BCUT2D eigenvalue weighted by Gasteiger charge is 2.25. The summed E-state index contributed by atoms with van der Waals surface area (Å²) in [6.07, 6.45) is 4.92. The molecule has 0 N–H and O–H groups in total. The molecule has 45 heavy (non-hydrogen) atoms. The van der Waals surface area contributed by atoms with Gasteiger partial charge in [-0.05, 0) is 74.2 Å². The normalized spacial score (nSPS) is 12.0. The molecule has 10 heteroatoms. The summed E-state index contributed by atoms with van der Waals surface area (Å²) in [6.45, 7) is 12.0. The first-order chi connectivity index (χ1) is 21.6. The van der Waals surface area contributed by atoms with Crippen molar-refractivity contribution in [2.45, 2.75) is 39.9 Å². The van der Waals surface area contributed by atoms with E-state index in [1.807, 2.05) is 52.1 Å². The number of rotatable bonds is 12. The van der Waals surface area contributed by atoms with Crippen LogP contribution in [0.5, 0.6) is 17.2 Å². The van der Waals surface area contributed by atoms with Crippen LogP contribution in [0.4, 0.5) is 5.69 Å². The predicted octanol–water partition coefficient (Wildman–Crippen LogP) is 8.12. The van der Waals surface area contributed by atoms with Gasteiger partial charge in [-0.15, -0.1) is 4.91 Å². The van der Waals surface area contributed by atoms with Gasteiger partial charge in [0.05, 0.1) is 31.9 Å². The first-order valence-corrected chi connectivity index (χ1v) is 14.5. The molecule has 5 aromatic rings. The Kier molecular flexibility index (Phi) is 8.96. The van der Waals surface area contributed by atoms with Crippen molar-refractivity contribution in [2.24, 2.45) is 5.18 Å². The van der Waals surface area contributed by atoms with Crippen LogP contribution in [0.25, 0.3) is 50.5 Å². The van der Waals surface area contributed by atoms with Gasteiger partial charge in [0, 0.05) is 41.3 Å². The molecule has 2 aromatic carbocycles. The molecular formula is C35H36N2O8. The minimum absolute atomic E-state index is 0.0714. The minimum Gasteiger partial charge on any atom is -0.494 e. The Hall–Kier alpha value is -5.09. The first-order valence-electron chi connectivity index (χ1n) is 14.5. The Morgan fingerprint density at radius 3 is 2.36 bits per heavy atom. The lowest BCUT2D eigenvalue weighted by atomic mass is 9.96. The topological polar surface area (TPSA) is 110 Å². The summed E-state index contributed by atoms with van der Waals surface area (Å²) in [4.78, 5) is 25.4. The van der Waals surface area contributed by atoms with Crippen LogP contribution >= 0.6 is 0 Å². The fourth-order valence-corrected chi connectivity index (χ4v) is 5.57. The van der Waals surface area contributed by atoms with Gasteiger partial charge in [0.2, 0.25) is 0 Å². The van der Waals surface area contributed by atoms with Crippen LogP contribution < -0.4 is 19.8 Å². The van der Waals surface area contributed by atoms with Crippen LogP contribution in [-0.4, -0.2) is 44.5 Å².